The summed E-state index contributed by atoms with van der Waals surface area (Å²) in [6.07, 6.45) is 0. The van der Waals surface area contributed by atoms with Crippen molar-refractivity contribution in [3.8, 4) is 0 Å². The number of rotatable bonds is 3. The van der Waals surface area contributed by atoms with E-state index in [1.165, 1.54) is 0 Å². The van der Waals surface area contributed by atoms with Gasteiger partial charge in [-0.25, -0.2) is 4.39 Å². The highest BCUT2D eigenvalue weighted by Crippen LogP contribution is 2.17. The fraction of sp³-hybridized carbons (Fsp3) is 0.400. The number of hydrogen-bond acceptors (Lipinski definition) is 1. The molecule has 1 nitrogen and oxygen atoms in total. The van der Waals surface area contributed by atoms with Crippen LogP contribution in [0.4, 0.5) is 4.39 Å². The lowest BCUT2D eigenvalue weighted by Crippen LogP contribution is -2.13. The Kier molecular flexibility index (Phi) is 3.23. The Labute approximate surface area is 72.6 Å². The van der Waals surface area contributed by atoms with Gasteiger partial charge in [-0.05, 0) is 25.1 Å². The van der Waals surface area contributed by atoms with Crippen molar-refractivity contribution in [3.05, 3.63) is 35.4 Å². The van der Waals surface area contributed by atoms with Crippen LogP contribution < -0.4 is 5.32 Å². The van der Waals surface area contributed by atoms with Gasteiger partial charge in [0.05, 0.1) is 0 Å². The number of benzene rings is 1. The van der Waals surface area contributed by atoms with E-state index in [-0.39, 0.29) is 12.7 Å². The zero-order chi connectivity index (χ0) is 8.97. The van der Waals surface area contributed by atoms with Crippen LogP contribution in [0.3, 0.4) is 0 Å². The molecule has 0 aliphatic carbocycles. The first kappa shape index (κ1) is 9.20. The molecular weight excluding hydrogens is 153 g/mol. The largest absolute Gasteiger partial charge is 0.313 e. The Morgan fingerprint density at radius 1 is 1.42 bits per heavy atom. The summed E-state index contributed by atoms with van der Waals surface area (Å²) in [6, 6.07) is 7.79. The summed E-state index contributed by atoms with van der Waals surface area (Å²) >= 11 is 0. The van der Waals surface area contributed by atoms with Crippen LogP contribution in [0.15, 0.2) is 24.3 Å². The van der Waals surface area contributed by atoms with E-state index in [0.717, 1.165) is 11.1 Å². The van der Waals surface area contributed by atoms with Gasteiger partial charge in [-0.2, -0.15) is 0 Å². The SMILES string of the molecule is CNC(C)c1ccccc1CF. The minimum Gasteiger partial charge on any atom is -0.313 e. The van der Waals surface area contributed by atoms with E-state index in [1.54, 1.807) is 0 Å². The van der Waals surface area contributed by atoms with Gasteiger partial charge in [0.15, 0.2) is 0 Å². The van der Waals surface area contributed by atoms with Crippen LogP contribution in [0.2, 0.25) is 0 Å². The first-order valence-corrected chi connectivity index (χ1v) is 4.10. The third-order valence-corrected chi connectivity index (χ3v) is 2.10. The fourth-order valence-corrected chi connectivity index (χ4v) is 1.23. The second-order valence-corrected chi connectivity index (χ2v) is 2.84. The van der Waals surface area contributed by atoms with Crippen LogP contribution in [0.25, 0.3) is 0 Å². The Bertz CT molecular complexity index is 247. The molecule has 0 fully saturated rings. The van der Waals surface area contributed by atoms with E-state index in [0.29, 0.717) is 0 Å². The smallest absolute Gasteiger partial charge is 0.115 e. The number of nitrogens with one attached hydrogen (secondary N) is 1. The lowest BCUT2D eigenvalue weighted by Gasteiger charge is -2.13. The summed E-state index contributed by atoms with van der Waals surface area (Å²) in [4.78, 5) is 0. The van der Waals surface area contributed by atoms with Crippen molar-refractivity contribution >= 4 is 0 Å². The van der Waals surface area contributed by atoms with E-state index in [1.807, 2.05) is 38.2 Å². The molecule has 1 aromatic carbocycles. The van der Waals surface area contributed by atoms with Gasteiger partial charge in [-0.15, -0.1) is 0 Å². The van der Waals surface area contributed by atoms with Crippen molar-refractivity contribution in [2.75, 3.05) is 7.05 Å². The molecule has 0 bridgehead atoms. The van der Waals surface area contributed by atoms with Crippen molar-refractivity contribution in [3.63, 3.8) is 0 Å². The van der Waals surface area contributed by atoms with Crippen LogP contribution in [0, 0.1) is 0 Å². The van der Waals surface area contributed by atoms with Gasteiger partial charge in [-0.1, -0.05) is 24.3 Å². The maximum Gasteiger partial charge on any atom is 0.115 e. The van der Waals surface area contributed by atoms with Gasteiger partial charge in [0, 0.05) is 6.04 Å². The molecule has 2 heteroatoms. The van der Waals surface area contributed by atoms with E-state index >= 15 is 0 Å². The molecule has 0 aromatic heterocycles. The summed E-state index contributed by atoms with van der Waals surface area (Å²) < 4.78 is 12.5. The predicted octanol–water partition coefficient (Wildman–Crippen LogP) is 2.44. The predicted molar refractivity (Wildman–Crippen MR) is 48.7 cm³/mol. The van der Waals surface area contributed by atoms with Crippen LogP contribution >= 0.6 is 0 Å². The average molecular weight is 167 g/mol. The molecule has 0 saturated heterocycles. The Morgan fingerprint density at radius 2 is 2.08 bits per heavy atom. The summed E-state index contributed by atoms with van der Waals surface area (Å²) in [5.41, 5.74) is 1.82. The van der Waals surface area contributed by atoms with Crippen LogP contribution in [0.5, 0.6) is 0 Å². The summed E-state index contributed by atoms with van der Waals surface area (Å²) in [5, 5.41) is 3.09. The molecule has 0 aliphatic heterocycles. The first-order chi connectivity index (χ1) is 5.79. The van der Waals surface area contributed by atoms with Gasteiger partial charge >= 0.3 is 0 Å². The minimum atomic E-state index is -0.387. The number of hydrogen-bond donors (Lipinski definition) is 1. The zero-order valence-electron chi connectivity index (χ0n) is 7.47. The monoisotopic (exact) mass is 167 g/mol. The fourth-order valence-electron chi connectivity index (χ4n) is 1.23. The Morgan fingerprint density at radius 3 is 2.67 bits per heavy atom. The normalized spacial score (nSPS) is 12.9. The number of alkyl halides is 1. The summed E-state index contributed by atoms with van der Waals surface area (Å²) in [7, 11) is 1.87. The number of halogens is 1. The van der Waals surface area contributed by atoms with Crippen molar-refractivity contribution in [1.29, 1.82) is 0 Å². The van der Waals surface area contributed by atoms with Gasteiger partial charge in [0.2, 0.25) is 0 Å². The van der Waals surface area contributed by atoms with Gasteiger partial charge in [-0.3, -0.25) is 0 Å². The second kappa shape index (κ2) is 4.21. The molecule has 0 spiro atoms. The molecule has 12 heavy (non-hydrogen) atoms. The molecule has 1 atom stereocenters. The van der Waals surface area contributed by atoms with E-state index in [4.69, 9.17) is 0 Å². The lowest BCUT2D eigenvalue weighted by atomic mass is 10.0. The molecule has 1 aromatic rings. The van der Waals surface area contributed by atoms with Crippen molar-refractivity contribution in [1.82, 2.24) is 5.32 Å². The second-order valence-electron chi connectivity index (χ2n) is 2.84. The first-order valence-electron chi connectivity index (χ1n) is 4.10. The van der Waals surface area contributed by atoms with Crippen LogP contribution in [0.1, 0.15) is 24.1 Å². The molecule has 1 unspecified atom stereocenters. The molecule has 0 heterocycles. The van der Waals surface area contributed by atoms with E-state index in [2.05, 4.69) is 5.32 Å². The van der Waals surface area contributed by atoms with Crippen molar-refractivity contribution < 1.29 is 4.39 Å². The Hall–Kier alpha value is -0.890. The molecule has 0 aliphatic rings. The lowest BCUT2D eigenvalue weighted by molar-refractivity contribution is 0.477. The minimum absolute atomic E-state index is 0.219. The van der Waals surface area contributed by atoms with Crippen LogP contribution in [-0.4, -0.2) is 7.05 Å². The highest BCUT2D eigenvalue weighted by Gasteiger charge is 2.06. The van der Waals surface area contributed by atoms with E-state index < -0.39 is 0 Å². The maximum atomic E-state index is 12.5. The molecule has 0 amide bonds. The summed E-state index contributed by atoms with van der Waals surface area (Å²) in [5.74, 6) is 0. The average Bonchev–Trinajstić information content (AvgIpc) is 2.16. The Balaban J connectivity index is 2.96. The van der Waals surface area contributed by atoms with E-state index in [9.17, 15) is 4.39 Å². The van der Waals surface area contributed by atoms with Crippen molar-refractivity contribution in [2.24, 2.45) is 0 Å². The molecule has 1 rings (SSSR count). The quantitative estimate of drug-likeness (QED) is 0.729. The third kappa shape index (κ3) is 1.83. The molecule has 66 valence electrons. The summed E-state index contributed by atoms with van der Waals surface area (Å²) in [6.45, 7) is 1.64. The standard InChI is InChI=1S/C10H14FN/c1-8(12-2)10-6-4-3-5-9(10)7-11/h3-6,8,12H,7H2,1-2H3. The highest BCUT2D eigenvalue weighted by atomic mass is 19.1. The molecule has 0 radical (unpaired) electrons. The van der Waals surface area contributed by atoms with Gasteiger partial charge in [0.1, 0.15) is 6.67 Å². The molecule has 1 N–H and O–H groups in total. The maximum absolute atomic E-state index is 12.5. The van der Waals surface area contributed by atoms with Gasteiger partial charge in [0.25, 0.3) is 0 Å². The highest BCUT2D eigenvalue weighted by molar-refractivity contribution is 5.28. The third-order valence-electron chi connectivity index (χ3n) is 2.10. The zero-order valence-corrected chi connectivity index (χ0v) is 7.47. The van der Waals surface area contributed by atoms with Gasteiger partial charge < -0.3 is 5.32 Å². The topological polar surface area (TPSA) is 12.0 Å². The van der Waals surface area contributed by atoms with Crippen molar-refractivity contribution in [2.45, 2.75) is 19.6 Å². The molecule has 0 saturated carbocycles. The molecular formula is C10H14FN. The van der Waals surface area contributed by atoms with Crippen LogP contribution in [-0.2, 0) is 6.67 Å².